The predicted molar refractivity (Wildman–Crippen MR) is 104 cm³/mol. The summed E-state index contributed by atoms with van der Waals surface area (Å²) in [5.41, 5.74) is 0.529. The molecule has 0 aromatic carbocycles. The number of esters is 1. The number of hydrogen-bond acceptors (Lipinski definition) is 8. The third kappa shape index (κ3) is 6.29. The van der Waals surface area contributed by atoms with Crippen molar-refractivity contribution in [3.63, 3.8) is 0 Å². The van der Waals surface area contributed by atoms with Gasteiger partial charge in [-0.2, -0.15) is 5.41 Å². The van der Waals surface area contributed by atoms with Gasteiger partial charge in [0, 0.05) is 5.38 Å². The molecule has 0 atom stereocenters. The summed E-state index contributed by atoms with van der Waals surface area (Å²) in [4.78, 5) is 39.4. The lowest BCUT2D eigenvalue weighted by atomic mass is 10.3. The van der Waals surface area contributed by atoms with Crippen molar-refractivity contribution in [1.29, 1.82) is 5.41 Å². The fourth-order valence-corrected chi connectivity index (χ4v) is 3.72. The number of amidine groups is 2. The predicted octanol–water partition coefficient (Wildman–Crippen LogP) is 0.972. The molecule has 0 bridgehead atoms. The van der Waals surface area contributed by atoms with Crippen LogP contribution in [0.25, 0.3) is 0 Å². The Morgan fingerprint density at radius 1 is 1.59 bits per heavy atom. The summed E-state index contributed by atoms with van der Waals surface area (Å²) in [6.07, 6.45) is 1.66. The Bertz CT molecular complexity index is 802. The van der Waals surface area contributed by atoms with Crippen molar-refractivity contribution in [2.24, 2.45) is 0 Å². The van der Waals surface area contributed by atoms with Gasteiger partial charge in [0.15, 0.2) is 5.13 Å². The first-order chi connectivity index (χ1) is 12.9. The zero-order valence-electron chi connectivity index (χ0n) is 14.7. The molecule has 9 nitrogen and oxygen atoms in total. The van der Waals surface area contributed by atoms with Gasteiger partial charge in [-0.3, -0.25) is 14.4 Å². The number of carbonyl (C=O) groups excluding carboxylic acids is 3. The molecule has 0 spiro atoms. The molecule has 1 aromatic heterocycles. The number of ether oxygens (including phenoxy) is 1. The summed E-state index contributed by atoms with van der Waals surface area (Å²) >= 11 is 2.33. The Balaban J connectivity index is 1.92. The fourth-order valence-electron chi connectivity index (χ4n) is 2.13. The number of carbonyl (C=O) groups is 3. The zero-order chi connectivity index (χ0) is 19.8. The first-order valence-corrected chi connectivity index (χ1v) is 9.94. The lowest BCUT2D eigenvalue weighted by Gasteiger charge is -2.16. The van der Waals surface area contributed by atoms with Gasteiger partial charge in [0.2, 0.25) is 11.7 Å². The molecule has 1 aliphatic rings. The van der Waals surface area contributed by atoms with Crippen LogP contribution in [-0.4, -0.2) is 57.3 Å². The van der Waals surface area contributed by atoms with Crippen molar-refractivity contribution in [3.05, 3.63) is 23.7 Å². The van der Waals surface area contributed by atoms with E-state index >= 15 is 0 Å². The molecule has 0 radical (unpaired) electrons. The van der Waals surface area contributed by atoms with Crippen LogP contribution >= 0.6 is 23.1 Å². The van der Waals surface area contributed by atoms with E-state index < -0.39 is 0 Å². The zero-order valence-corrected chi connectivity index (χ0v) is 16.4. The molecule has 2 rings (SSSR count). The SMILES string of the molecule is C=CC[N+]1=C(SCC(=O)Nc2nc(CC(=O)OCC)cs2)NC(=O)CC1=N. The number of nitrogens with zero attached hydrogens (tertiary/aromatic N) is 2. The molecule has 27 heavy (non-hydrogen) atoms. The number of thiazole rings is 1. The average molecular weight is 411 g/mol. The van der Waals surface area contributed by atoms with E-state index in [1.54, 1.807) is 23.0 Å². The molecule has 11 heteroatoms. The molecule has 3 N–H and O–H groups in total. The average Bonchev–Trinajstić information content (AvgIpc) is 3.02. The van der Waals surface area contributed by atoms with Gasteiger partial charge in [-0.15, -0.1) is 11.3 Å². The quantitative estimate of drug-likeness (QED) is 0.333. The monoisotopic (exact) mass is 410 g/mol. The van der Waals surface area contributed by atoms with Crippen LogP contribution in [0, 0.1) is 5.41 Å². The highest BCUT2D eigenvalue weighted by Crippen LogP contribution is 2.17. The van der Waals surface area contributed by atoms with E-state index in [1.165, 1.54) is 11.3 Å². The van der Waals surface area contributed by atoms with Crippen molar-refractivity contribution >= 4 is 57.0 Å². The second-order valence-electron chi connectivity index (χ2n) is 5.34. The first kappa shape index (κ1) is 20.8. The van der Waals surface area contributed by atoms with Crippen molar-refractivity contribution in [3.8, 4) is 0 Å². The van der Waals surface area contributed by atoms with Crippen LogP contribution in [-0.2, 0) is 25.5 Å². The lowest BCUT2D eigenvalue weighted by molar-refractivity contribution is -0.399. The molecule has 0 saturated carbocycles. The maximum atomic E-state index is 12.1. The summed E-state index contributed by atoms with van der Waals surface area (Å²) in [5, 5.41) is 15.7. The largest absolute Gasteiger partial charge is 0.466 e. The molecule has 2 amide bonds. The highest BCUT2D eigenvalue weighted by Gasteiger charge is 2.28. The minimum absolute atomic E-state index is 0.00749. The van der Waals surface area contributed by atoms with Crippen LogP contribution in [0.2, 0.25) is 0 Å². The Kier molecular flexibility index (Phi) is 7.67. The molecule has 0 aliphatic carbocycles. The number of rotatable bonds is 8. The Labute approximate surface area is 164 Å². The maximum Gasteiger partial charge on any atom is 0.311 e. The Morgan fingerprint density at radius 2 is 2.37 bits per heavy atom. The van der Waals surface area contributed by atoms with E-state index in [9.17, 15) is 14.4 Å². The standard InChI is InChI=1S/C16H19N5O4S2/c1-3-5-21-11(17)7-12(22)20-16(21)27-9-13(23)19-15-18-10(8-26-15)6-14(24)25-4-2/h3,8,17H,1,4-7,9H2,2H3,(H,18,19,23)/p+1. The summed E-state index contributed by atoms with van der Waals surface area (Å²) in [7, 11) is 0. The van der Waals surface area contributed by atoms with E-state index in [1.807, 2.05) is 0 Å². The maximum absolute atomic E-state index is 12.1. The van der Waals surface area contributed by atoms with E-state index in [0.29, 0.717) is 29.1 Å². The molecular formula is C16H20N5O4S2+. The molecule has 0 saturated heterocycles. The van der Waals surface area contributed by atoms with Crippen LogP contribution in [0.4, 0.5) is 5.13 Å². The van der Waals surface area contributed by atoms with Crippen LogP contribution < -0.4 is 10.6 Å². The summed E-state index contributed by atoms with van der Waals surface area (Å²) in [5.74, 6) is -0.778. The van der Waals surface area contributed by atoms with Gasteiger partial charge in [0.25, 0.3) is 11.1 Å². The van der Waals surface area contributed by atoms with Crippen molar-refractivity contribution in [2.45, 2.75) is 19.8 Å². The number of hydrogen-bond donors (Lipinski definition) is 3. The highest BCUT2D eigenvalue weighted by atomic mass is 32.2. The van der Waals surface area contributed by atoms with Crippen molar-refractivity contribution in [2.75, 3.05) is 24.2 Å². The van der Waals surface area contributed by atoms with E-state index in [2.05, 4.69) is 22.2 Å². The van der Waals surface area contributed by atoms with Crippen LogP contribution in [0.15, 0.2) is 18.0 Å². The normalized spacial score (nSPS) is 14.0. The topological polar surface area (TPSA) is 124 Å². The number of thioether (sulfide) groups is 1. The van der Waals surface area contributed by atoms with Gasteiger partial charge in [0.1, 0.15) is 6.42 Å². The molecule has 1 aromatic rings. The smallest absolute Gasteiger partial charge is 0.311 e. The first-order valence-electron chi connectivity index (χ1n) is 8.08. The summed E-state index contributed by atoms with van der Waals surface area (Å²) < 4.78 is 6.45. The third-order valence-electron chi connectivity index (χ3n) is 3.23. The van der Waals surface area contributed by atoms with Gasteiger partial charge in [-0.25, -0.2) is 14.9 Å². The van der Waals surface area contributed by atoms with Gasteiger partial charge in [0.05, 0.1) is 31.0 Å². The molecule has 0 unspecified atom stereocenters. The van der Waals surface area contributed by atoms with Gasteiger partial charge in [-0.05, 0) is 18.7 Å². The number of nitrogens with one attached hydrogen (secondary N) is 3. The molecular weight excluding hydrogens is 390 g/mol. The van der Waals surface area contributed by atoms with Crippen LogP contribution in [0.3, 0.4) is 0 Å². The fraction of sp³-hybridized carbons (Fsp3) is 0.375. The van der Waals surface area contributed by atoms with Gasteiger partial charge in [-0.1, -0.05) is 12.7 Å². The van der Waals surface area contributed by atoms with Crippen LogP contribution in [0.5, 0.6) is 0 Å². The second kappa shape index (κ2) is 9.97. The minimum atomic E-state index is -0.370. The molecule has 0 fully saturated rings. The van der Waals surface area contributed by atoms with Gasteiger partial charge >= 0.3 is 5.97 Å². The molecule has 2 heterocycles. The highest BCUT2D eigenvalue weighted by molar-refractivity contribution is 8.14. The van der Waals surface area contributed by atoms with E-state index in [4.69, 9.17) is 10.1 Å². The van der Waals surface area contributed by atoms with Crippen LogP contribution in [0.1, 0.15) is 19.0 Å². The Morgan fingerprint density at radius 3 is 3.07 bits per heavy atom. The number of aromatic nitrogens is 1. The van der Waals surface area contributed by atoms with E-state index in [0.717, 1.165) is 11.8 Å². The summed E-state index contributed by atoms with van der Waals surface area (Å²) in [6.45, 7) is 6.04. The number of amides is 2. The van der Waals surface area contributed by atoms with E-state index in [-0.39, 0.29) is 42.2 Å². The number of anilines is 1. The molecule has 144 valence electrons. The lowest BCUT2D eigenvalue weighted by Crippen LogP contribution is -2.46. The minimum Gasteiger partial charge on any atom is -0.466 e. The van der Waals surface area contributed by atoms with Crippen molar-refractivity contribution < 1.29 is 23.7 Å². The molecule has 1 aliphatic heterocycles. The summed E-state index contributed by atoms with van der Waals surface area (Å²) in [6, 6.07) is 0. The van der Waals surface area contributed by atoms with Crippen molar-refractivity contribution in [1.82, 2.24) is 10.3 Å². The van der Waals surface area contributed by atoms with Gasteiger partial charge < -0.3 is 10.1 Å². The Hall–Kier alpha value is -2.53. The second-order valence-corrected chi connectivity index (χ2v) is 7.16. The third-order valence-corrected chi connectivity index (χ3v) is 5.03.